The lowest BCUT2D eigenvalue weighted by atomic mass is 9.99. The van der Waals surface area contributed by atoms with Crippen molar-refractivity contribution in [3.8, 4) is 0 Å². The van der Waals surface area contributed by atoms with Gasteiger partial charge in [-0.25, -0.2) is 12.7 Å². The summed E-state index contributed by atoms with van der Waals surface area (Å²) in [5.74, 6) is 0.422. The van der Waals surface area contributed by atoms with Crippen molar-refractivity contribution in [1.29, 1.82) is 0 Å². The highest BCUT2D eigenvalue weighted by Gasteiger charge is 2.25. The van der Waals surface area contributed by atoms with E-state index in [-0.39, 0.29) is 0 Å². The molecule has 1 saturated heterocycles. The minimum atomic E-state index is -3.03. The van der Waals surface area contributed by atoms with Gasteiger partial charge in [-0.2, -0.15) is 0 Å². The molecule has 2 atom stereocenters. The molecule has 6 heteroatoms. The molecule has 0 bridgehead atoms. The molecule has 1 aromatic heterocycles. The zero-order chi connectivity index (χ0) is 13.9. The first kappa shape index (κ1) is 15.0. The van der Waals surface area contributed by atoms with Crippen LogP contribution in [0.5, 0.6) is 0 Å². The second kappa shape index (κ2) is 6.35. The SMILES string of the molecule is CC(NCC1CCCN(S(C)(=O)=O)C1)c1cccs1. The molecule has 19 heavy (non-hydrogen) atoms. The Morgan fingerprint density at radius 3 is 3.00 bits per heavy atom. The molecule has 0 saturated carbocycles. The van der Waals surface area contributed by atoms with Crippen LogP contribution >= 0.6 is 11.3 Å². The van der Waals surface area contributed by atoms with E-state index in [0.717, 1.165) is 19.4 Å². The summed E-state index contributed by atoms with van der Waals surface area (Å²) in [6, 6.07) is 4.53. The van der Waals surface area contributed by atoms with Crippen LogP contribution in [-0.2, 0) is 10.0 Å². The maximum Gasteiger partial charge on any atom is 0.211 e. The molecule has 0 radical (unpaired) electrons. The quantitative estimate of drug-likeness (QED) is 0.906. The molecule has 1 aliphatic heterocycles. The van der Waals surface area contributed by atoms with Crippen molar-refractivity contribution in [3.63, 3.8) is 0 Å². The smallest absolute Gasteiger partial charge is 0.211 e. The van der Waals surface area contributed by atoms with Crippen LogP contribution in [0, 0.1) is 5.92 Å². The molecular formula is C13H22N2O2S2. The fourth-order valence-electron chi connectivity index (χ4n) is 2.48. The fraction of sp³-hybridized carbons (Fsp3) is 0.692. The largest absolute Gasteiger partial charge is 0.309 e. The Balaban J connectivity index is 1.83. The van der Waals surface area contributed by atoms with Gasteiger partial charge in [0.2, 0.25) is 10.0 Å². The third kappa shape index (κ3) is 4.27. The summed E-state index contributed by atoms with van der Waals surface area (Å²) in [5.41, 5.74) is 0. The van der Waals surface area contributed by atoms with Crippen molar-refractivity contribution in [2.45, 2.75) is 25.8 Å². The zero-order valence-electron chi connectivity index (χ0n) is 11.5. The predicted molar refractivity (Wildman–Crippen MR) is 79.9 cm³/mol. The van der Waals surface area contributed by atoms with Gasteiger partial charge in [0.1, 0.15) is 0 Å². The Morgan fingerprint density at radius 1 is 1.58 bits per heavy atom. The minimum Gasteiger partial charge on any atom is -0.309 e. The fourth-order valence-corrected chi connectivity index (χ4v) is 4.18. The Hall–Kier alpha value is -0.430. The van der Waals surface area contributed by atoms with E-state index in [0.29, 0.717) is 25.0 Å². The summed E-state index contributed by atoms with van der Waals surface area (Å²) >= 11 is 1.75. The number of piperidine rings is 1. The summed E-state index contributed by atoms with van der Waals surface area (Å²) in [7, 11) is -3.03. The van der Waals surface area contributed by atoms with Gasteiger partial charge < -0.3 is 5.32 Å². The second-order valence-corrected chi connectivity index (χ2v) is 8.24. The van der Waals surface area contributed by atoms with Crippen molar-refractivity contribution in [1.82, 2.24) is 9.62 Å². The van der Waals surface area contributed by atoms with E-state index in [2.05, 4.69) is 29.8 Å². The molecule has 0 spiro atoms. The van der Waals surface area contributed by atoms with E-state index in [9.17, 15) is 8.42 Å². The summed E-state index contributed by atoms with van der Waals surface area (Å²) in [5, 5.41) is 5.60. The van der Waals surface area contributed by atoms with E-state index >= 15 is 0 Å². The first-order chi connectivity index (χ1) is 8.97. The lowest BCUT2D eigenvalue weighted by Crippen LogP contribution is -2.42. The van der Waals surface area contributed by atoms with E-state index in [4.69, 9.17) is 0 Å². The highest BCUT2D eigenvalue weighted by Crippen LogP contribution is 2.21. The predicted octanol–water partition coefficient (Wildman–Crippen LogP) is 2.07. The zero-order valence-corrected chi connectivity index (χ0v) is 13.1. The molecular weight excluding hydrogens is 280 g/mol. The van der Waals surface area contributed by atoms with Crippen LogP contribution in [0.2, 0.25) is 0 Å². The number of nitrogens with zero attached hydrogens (tertiary/aromatic N) is 1. The molecule has 1 aliphatic rings. The highest BCUT2D eigenvalue weighted by molar-refractivity contribution is 7.88. The van der Waals surface area contributed by atoms with Crippen molar-refractivity contribution < 1.29 is 8.42 Å². The van der Waals surface area contributed by atoms with Crippen LogP contribution < -0.4 is 5.32 Å². The van der Waals surface area contributed by atoms with Crippen LogP contribution in [0.3, 0.4) is 0 Å². The lowest BCUT2D eigenvalue weighted by Gasteiger charge is -2.31. The van der Waals surface area contributed by atoms with Crippen LogP contribution in [0.4, 0.5) is 0 Å². The van der Waals surface area contributed by atoms with Gasteiger partial charge in [-0.15, -0.1) is 11.3 Å². The Bertz CT molecular complexity index is 485. The molecule has 0 aliphatic carbocycles. The highest BCUT2D eigenvalue weighted by atomic mass is 32.2. The Kier molecular flexibility index (Phi) is 5.00. The number of nitrogens with one attached hydrogen (secondary N) is 1. The van der Waals surface area contributed by atoms with Crippen LogP contribution in [0.25, 0.3) is 0 Å². The monoisotopic (exact) mass is 302 g/mol. The number of sulfonamides is 1. The molecule has 108 valence electrons. The third-order valence-electron chi connectivity index (χ3n) is 3.63. The van der Waals surface area contributed by atoms with Gasteiger partial charge in [0.15, 0.2) is 0 Å². The molecule has 2 unspecified atom stereocenters. The maximum atomic E-state index is 11.6. The molecule has 2 rings (SSSR count). The van der Waals surface area contributed by atoms with Gasteiger partial charge >= 0.3 is 0 Å². The molecule has 1 N–H and O–H groups in total. The topological polar surface area (TPSA) is 49.4 Å². The van der Waals surface area contributed by atoms with Crippen LogP contribution in [-0.4, -0.2) is 38.6 Å². The van der Waals surface area contributed by atoms with Gasteiger partial charge in [0.25, 0.3) is 0 Å². The van der Waals surface area contributed by atoms with E-state index in [1.54, 1.807) is 15.6 Å². The van der Waals surface area contributed by atoms with Gasteiger partial charge in [-0.05, 0) is 43.7 Å². The van der Waals surface area contributed by atoms with Crippen molar-refractivity contribution in [2.24, 2.45) is 5.92 Å². The average molecular weight is 302 g/mol. The molecule has 4 nitrogen and oxygen atoms in total. The first-order valence-electron chi connectivity index (χ1n) is 6.68. The van der Waals surface area contributed by atoms with Gasteiger partial charge in [-0.1, -0.05) is 6.07 Å². The standard InChI is InChI=1S/C13H22N2O2S2/c1-11(13-6-4-8-18-13)14-9-12-5-3-7-15(10-12)19(2,16)17/h4,6,8,11-12,14H,3,5,7,9-10H2,1-2H3. The summed E-state index contributed by atoms with van der Waals surface area (Å²) in [4.78, 5) is 1.33. The van der Waals surface area contributed by atoms with Crippen molar-refractivity contribution in [3.05, 3.63) is 22.4 Å². The van der Waals surface area contributed by atoms with Gasteiger partial charge in [0, 0.05) is 24.0 Å². The normalized spacial score (nSPS) is 23.4. The number of thiophene rings is 1. The maximum absolute atomic E-state index is 11.6. The van der Waals surface area contributed by atoms with E-state index < -0.39 is 10.0 Å². The molecule has 1 fully saturated rings. The molecule has 0 amide bonds. The average Bonchev–Trinajstić information content (AvgIpc) is 2.89. The van der Waals surface area contributed by atoms with E-state index in [1.807, 2.05) is 0 Å². The van der Waals surface area contributed by atoms with Gasteiger partial charge in [-0.3, -0.25) is 0 Å². The summed E-state index contributed by atoms with van der Waals surface area (Å²) in [6.45, 7) is 4.37. The summed E-state index contributed by atoms with van der Waals surface area (Å²) < 4.78 is 24.7. The number of hydrogen-bond acceptors (Lipinski definition) is 4. The molecule has 0 aromatic carbocycles. The number of hydrogen-bond donors (Lipinski definition) is 1. The summed E-state index contributed by atoms with van der Waals surface area (Å²) in [6.07, 6.45) is 3.38. The van der Waals surface area contributed by atoms with Crippen molar-refractivity contribution >= 4 is 21.4 Å². The Morgan fingerprint density at radius 2 is 2.37 bits per heavy atom. The minimum absolute atomic E-state index is 0.341. The lowest BCUT2D eigenvalue weighted by molar-refractivity contribution is 0.257. The first-order valence-corrected chi connectivity index (χ1v) is 9.41. The molecule has 1 aromatic rings. The number of rotatable bonds is 5. The Labute approximate surface area is 119 Å². The van der Waals surface area contributed by atoms with E-state index in [1.165, 1.54) is 11.1 Å². The van der Waals surface area contributed by atoms with Crippen LogP contribution in [0.15, 0.2) is 17.5 Å². The second-order valence-electron chi connectivity index (χ2n) is 5.27. The van der Waals surface area contributed by atoms with Crippen molar-refractivity contribution in [2.75, 3.05) is 25.9 Å². The third-order valence-corrected chi connectivity index (χ3v) is 5.96. The van der Waals surface area contributed by atoms with Crippen LogP contribution in [0.1, 0.15) is 30.7 Å². The molecule has 2 heterocycles. The van der Waals surface area contributed by atoms with Gasteiger partial charge in [0.05, 0.1) is 6.26 Å².